The molecule has 0 atom stereocenters. The van der Waals surface area contributed by atoms with Crippen LogP contribution in [0.25, 0.3) is 0 Å². The van der Waals surface area contributed by atoms with E-state index in [1.54, 1.807) is 43.5 Å². The summed E-state index contributed by atoms with van der Waals surface area (Å²) in [5.41, 5.74) is 1.63. The van der Waals surface area contributed by atoms with Gasteiger partial charge in [-0.05, 0) is 39.2 Å². The zero-order valence-corrected chi connectivity index (χ0v) is 17.8. The third-order valence-corrected chi connectivity index (χ3v) is 5.04. The standard InChI is InChI=1S/C20H28F2N4O2S/c1-4-27-16-9-7-8-15(18(16)28-19(21)22)12-25-20(23-3)24-11-6-5-10-17-26-14(2)13-29-17/h7-9,13,19H,4-6,10-12H2,1-3H3,(H2,23,24,25). The van der Waals surface area contributed by atoms with E-state index in [9.17, 15) is 8.78 Å². The first kappa shape index (κ1) is 22.9. The molecule has 0 unspecified atom stereocenters. The van der Waals surface area contributed by atoms with E-state index in [1.165, 1.54) is 0 Å². The molecule has 160 valence electrons. The van der Waals surface area contributed by atoms with Crippen LogP contribution < -0.4 is 20.1 Å². The number of nitrogens with zero attached hydrogens (tertiary/aromatic N) is 2. The van der Waals surface area contributed by atoms with Gasteiger partial charge in [0.1, 0.15) is 0 Å². The summed E-state index contributed by atoms with van der Waals surface area (Å²) < 4.78 is 35.7. The normalized spacial score (nSPS) is 11.6. The van der Waals surface area contributed by atoms with Crippen molar-refractivity contribution in [1.82, 2.24) is 15.6 Å². The average molecular weight is 427 g/mol. The molecule has 0 aliphatic rings. The molecule has 2 aromatic rings. The molecule has 0 spiro atoms. The molecule has 0 aliphatic carbocycles. The van der Waals surface area contributed by atoms with Crippen LogP contribution >= 0.6 is 11.3 Å². The van der Waals surface area contributed by atoms with E-state index < -0.39 is 6.61 Å². The van der Waals surface area contributed by atoms with E-state index in [1.807, 2.05) is 6.92 Å². The van der Waals surface area contributed by atoms with Crippen molar-refractivity contribution in [2.24, 2.45) is 4.99 Å². The molecule has 9 heteroatoms. The van der Waals surface area contributed by atoms with Gasteiger partial charge in [-0.25, -0.2) is 4.98 Å². The lowest BCUT2D eigenvalue weighted by Gasteiger charge is -2.17. The van der Waals surface area contributed by atoms with Gasteiger partial charge in [-0.1, -0.05) is 12.1 Å². The van der Waals surface area contributed by atoms with Crippen molar-refractivity contribution in [3.8, 4) is 11.5 Å². The van der Waals surface area contributed by atoms with Crippen molar-refractivity contribution >= 4 is 17.3 Å². The molecule has 0 fully saturated rings. The second-order valence-electron chi connectivity index (χ2n) is 6.25. The molecule has 1 aromatic carbocycles. The van der Waals surface area contributed by atoms with Gasteiger partial charge >= 0.3 is 6.61 Å². The Morgan fingerprint density at radius 2 is 2.10 bits per heavy atom. The highest BCUT2D eigenvalue weighted by molar-refractivity contribution is 7.09. The highest BCUT2D eigenvalue weighted by Gasteiger charge is 2.16. The van der Waals surface area contributed by atoms with Crippen LogP contribution in [-0.2, 0) is 13.0 Å². The lowest BCUT2D eigenvalue weighted by atomic mass is 10.2. The molecule has 0 saturated heterocycles. The van der Waals surface area contributed by atoms with Gasteiger partial charge in [-0.2, -0.15) is 8.78 Å². The van der Waals surface area contributed by atoms with Gasteiger partial charge in [0.05, 0.1) is 11.6 Å². The number of ether oxygens (including phenoxy) is 2. The lowest BCUT2D eigenvalue weighted by Crippen LogP contribution is -2.37. The van der Waals surface area contributed by atoms with Gasteiger partial charge < -0.3 is 20.1 Å². The fraction of sp³-hybridized carbons (Fsp3) is 0.500. The molecule has 1 aromatic heterocycles. The largest absolute Gasteiger partial charge is 0.490 e. The Labute approximate surface area is 174 Å². The highest BCUT2D eigenvalue weighted by atomic mass is 32.1. The Bertz CT molecular complexity index is 784. The number of benzene rings is 1. The predicted molar refractivity (Wildman–Crippen MR) is 112 cm³/mol. The Hall–Kier alpha value is -2.42. The second-order valence-corrected chi connectivity index (χ2v) is 7.19. The van der Waals surface area contributed by atoms with E-state index in [0.717, 1.165) is 36.5 Å². The van der Waals surface area contributed by atoms with E-state index in [4.69, 9.17) is 4.74 Å². The lowest BCUT2D eigenvalue weighted by molar-refractivity contribution is -0.0520. The maximum absolute atomic E-state index is 12.8. The number of halogens is 2. The molecule has 29 heavy (non-hydrogen) atoms. The van der Waals surface area contributed by atoms with Gasteiger partial charge in [-0.15, -0.1) is 11.3 Å². The summed E-state index contributed by atoms with van der Waals surface area (Å²) in [5.74, 6) is 0.943. The van der Waals surface area contributed by atoms with E-state index in [0.29, 0.717) is 23.9 Å². The summed E-state index contributed by atoms with van der Waals surface area (Å²) in [6.07, 6.45) is 2.96. The van der Waals surface area contributed by atoms with E-state index in [2.05, 4.69) is 30.7 Å². The maximum Gasteiger partial charge on any atom is 0.387 e. The van der Waals surface area contributed by atoms with Crippen LogP contribution in [0, 0.1) is 6.92 Å². The third kappa shape index (κ3) is 7.84. The first-order chi connectivity index (χ1) is 14.0. The number of alkyl halides is 2. The van der Waals surface area contributed by atoms with Crippen LogP contribution in [0.4, 0.5) is 8.78 Å². The molecule has 0 bridgehead atoms. The number of nitrogens with one attached hydrogen (secondary N) is 2. The van der Waals surface area contributed by atoms with Crippen LogP contribution in [0.3, 0.4) is 0 Å². The summed E-state index contributed by atoms with van der Waals surface area (Å²) in [7, 11) is 1.67. The quantitative estimate of drug-likeness (QED) is 0.321. The van der Waals surface area contributed by atoms with Crippen molar-refractivity contribution < 1.29 is 18.3 Å². The van der Waals surface area contributed by atoms with Gasteiger partial charge in [0.15, 0.2) is 17.5 Å². The molecule has 1 heterocycles. The molecule has 0 aliphatic heterocycles. The fourth-order valence-corrected chi connectivity index (χ4v) is 3.54. The molecule has 2 rings (SSSR count). The van der Waals surface area contributed by atoms with Crippen molar-refractivity contribution in [2.75, 3.05) is 20.2 Å². The van der Waals surface area contributed by atoms with Crippen molar-refractivity contribution in [1.29, 1.82) is 0 Å². The maximum atomic E-state index is 12.8. The number of hydrogen-bond acceptors (Lipinski definition) is 5. The molecule has 2 N–H and O–H groups in total. The number of unbranched alkanes of at least 4 members (excludes halogenated alkanes) is 1. The third-order valence-electron chi connectivity index (χ3n) is 4.01. The smallest absolute Gasteiger partial charge is 0.387 e. The zero-order chi connectivity index (χ0) is 21.1. The number of aromatic nitrogens is 1. The van der Waals surface area contributed by atoms with Crippen LogP contribution in [0.1, 0.15) is 36.0 Å². The highest BCUT2D eigenvalue weighted by Crippen LogP contribution is 2.32. The molecular formula is C20H28F2N4O2S. The first-order valence-corrected chi connectivity index (χ1v) is 10.5. The molecule has 6 nitrogen and oxygen atoms in total. The van der Waals surface area contributed by atoms with Crippen LogP contribution in [0.5, 0.6) is 11.5 Å². The van der Waals surface area contributed by atoms with E-state index >= 15 is 0 Å². The Morgan fingerprint density at radius 1 is 1.28 bits per heavy atom. The van der Waals surface area contributed by atoms with Gasteiger partial charge in [0.2, 0.25) is 0 Å². The van der Waals surface area contributed by atoms with Gasteiger partial charge in [0.25, 0.3) is 0 Å². The summed E-state index contributed by atoms with van der Waals surface area (Å²) in [6.45, 7) is 2.26. The predicted octanol–water partition coefficient (Wildman–Crippen LogP) is 4.14. The monoisotopic (exact) mass is 426 g/mol. The Balaban J connectivity index is 1.82. The topological polar surface area (TPSA) is 67.8 Å². The molecular weight excluding hydrogens is 398 g/mol. The zero-order valence-electron chi connectivity index (χ0n) is 17.0. The van der Waals surface area contributed by atoms with Crippen LogP contribution in [-0.4, -0.2) is 37.8 Å². The Kier molecular flexibility index (Phi) is 9.63. The van der Waals surface area contributed by atoms with Gasteiger partial charge in [-0.3, -0.25) is 4.99 Å². The van der Waals surface area contributed by atoms with E-state index in [-0.39, 0.29) is 12.3 Å². The average Bonchev–Trinajstić information content (AvgIpc) is 3.11. The number of para-hydroxylation sites is 1. The first-order valence-electron chi connectivity index (χ1n) is 9.58. The van der Waals surface area contributed by atoms with Crippen molar-refractivity contribution in [3.05, 3.63) is 39.8 Å². The summed E-state index contributed by atoms with van der Waals surface area (Å²) >= 11 is 1.69. The number of aliphatic imine (C=N–C) groups is 1. The van der Waals surface area contributed by atoms with Gasteiger partial charge in [0, 0.05) is 36.8 Å². The number of thiazole rings is 1. The van der Waals surface area contributed by atoms with Crippen LogP contribution in [0.2, 0.25) is 0 Å². The minimum absolute atomic E-state index is 0.0473. The molecule has 0 saturated carbocycles. The SMILES string of the molecule is CCOc1cccc(CNC(=NC)NCCCCc2nc(C)cs2)c1OC(F)F. The number of guanidine groups is 1. The van der Waals surface area contributed by atoms with Crippen LogP contribution in [0.15, 0.2) is 28.6 Å². The minimum Gasteiger partial charge on any atom is -0.490 e. The van der Waals surface area contributed by atoms with Crippen molar-refractivity contribution in [3.63, 3.8) is 0 Å². The fourth-order valence-electron chi connectivity index (χ4n) is 2.72. The van der Waals surface area contributed by atoms with Crippen molar-refractivity contribution in [2.45, 2.75) is 46.3 Å². The summed E-state index contributed by atoms with van der Waals surface area (Å²) in [4.78, 5) is 8.63. The number of rotatable bonds is 11. The number of aryl methyl sites for hydroxylation is 2. The Morgan fingerprint density at radius 3 is 2.76 bits per heavy atom. The summed E-state index contributed by atoms with van der Waals surface area (Å²) in [6, 6.07) is 5.08. The number of hydrogen-bond donors (Lipinski definition) is 2. The molecule has 0 amide bonds. The minimum atomic E-state index is -2.92. The summed E-state index contributed by atoms with van der Waals surface area (Å²) in [5, 5.41) is 9.58. The second kappa shape index (κ2) is 12.2. The molecule has 0 radical (unpaired) electrons.